The average molecular weight is 472 g/mol. The normalized spacial score (nSPS) is 15.6. The van der Waals surface area contributed by atoms with E-state index in [1.807, 2.05) is 54.6 Å². The second-order valence-corrected chi connectivity index (χ2v) is 8.43. The van der Waals surface area contributed by atoms with Gasteiger partial charge in [0, 0.05) is 47.3 Å². The SMILES string of the molecule is COc1ccccc1-c1cnc(N)c(C(=O)c2cccc(N3CCNC(c4ccccc4)C3)n2)c1.[HH].[HH].[HH]. The molecule has 3 heterocycles. The Balaban J connectivity index is 0.00000169. The van der Waals surface area contributed by atoms with Gasteiger partial charge in [0.05, 0.1) is 12.7 Å². The molecule has 182 valence electrons. The van der Waals surface area contributed by atoms with E-state index >= 15 is 0 Å². The highest BCUT2D eigenvalue weighted by Gasteiger charge is 2.23. The predicted octanol–water partition coefficient (Wildman–Crippen LogP) is 4.85. The molecular weight excluding hydrogens is 438 g/mol. The van der Waals surface area contributed by atoms with Gasteiger partial charge in [0.2, 0.25) is 5.78 Å². The Labute approximate surface area is 209 Å². The van der Waals surface area contributed by atoms with Crippen LogP contribution in [0.2, 0.25) is 0 Å². The van der Waals surface area contributed by atoms with Crippen LogP contribution >= 0.6 is 0 Å². The Kier molecular flexibility index (Phi) is 6.41. The summed E-state index contributed by atoms with van der Waals surface area (Å²) in [6, 6.07) is 25.4. The van der Waals surface area contributed by atoms with Gasteiger partial charge in [-0.15, -0.1) is 0 Å². The van der Waals surface area contributed by atoms with Gasteiger partial charge in [-0.25, -0.2) is 9.97 Å². The Hall–Kier alpha value is -4.23. The Morgan fingerprint density at radius 2 is 1.89 bits per heavy atom. The number of hydrogen-bond donors (Lipinski definition) is 2. The zero-order valence-electron chi connectivity index (χ0n) is 19.5. The number of ether oxygens (including phenoxy) is 1. The number of pyridine rings is 2. The van der Waals surface area contributed by atoms with Crippen LogP contribution in [0.3, 0.4) is 0 Å². The van der Waals surface area contributed by atoms with Crippen molar-refractivity contribution in [3.8, 4) is 16.9 Å². The van der Waals surface area contributed by atoms with Crippen molar-refractivity contribution in [3.63, 3.8) is 0 Å². The van der Waals surface area contributed by atoms with Crippen LogP contribution in [0.5, 0.6) is 5.75 Å². The number of nitrogen functional groups attached to an aromatic ring is 1. The minimum absolute atomic E-state index is 0. The molecule has 1 saturated heterocycles. The first-order valence-electron chi connectivity index (χ1n) is 11.6. The zero-order chi connectivity index (χ0) is 24.2. The van der Waals surface area contributed by atoms with Gasteiger partial charge in [-0.05, 0) is 29.8 Å². The molecule has 1 fully saturated rings. The summed E-state index contributed by atoms with van der Waals surface area (Å²) in [4.78, 5) is 24.7. The molecule has 2 aromatic carbocycles. The quantitative estimate of drug-likeness (QED) is 0.388. The van der Waals surface area contributed by atoms with Crippen molar-refractivity contribution in [3.05, 3.63) is 102 Å². The topological polar surface area (TPSA) is 93.4 Å². The fourth-order valence-electron chi connectivity index (χ4n) is 4.42. The van der Waals surface area contributed by atoms with E-state index in [-0.39, 0.29) is 21.9 Å². The maximum Gasteiger partial charge on any atom is 0.215 e. The van der Waals surface area contributed by atoms with Crippen molar-refractivity contribution < 1.29 is 13.8 Å². The third-order valence-corrected chi connectivity index (χ3v) is 6.25. The number of carbonyl (C=O) groups is 1. The second-order valence-electron chi connectivity index (χ2n) is 8.43. The fourth-order valence-corrected chi connectivity index (χ4v) is 4.42. The molecule has 7 heteroatoms. The van der Waals surface area contributed by atoms with Gasteiger partial charge >= 0.3 is 0 Å². The number of carbonyl (C=O) groups excluding carboxylic acids is 1. The third-order valence-electron chi connectivity index (χ3n) is 6.25. The van der Waals surface area contributed by atoms with Crippen LogP contribution in [0.4, 0.5) is 11.6 Å². The summed E-state index contributed by atoms with van der Waals surface area (Å²) in [5.74, 6) is 1.38. The summed E-state index contributed by atoms with van der Waals surface area (Å²) in [6.45, 7) is 2.40. The minimum atomic E-state index is -0.261. The monoisotopic (exact) mass is 471 g/mol. The third kappa shape index (κ3) is 4.72. The molecule has 0 aliphatic carbocycles. The summed E-state index contributed by atoms with van der Waals surface area (Å²) in [5, 5.41) is 3.57. The van der Waals surface area contributed by atoms with Crippen LogP contribution < -0.4 is 20.7 Å². The Morgan fingerprint density at radius 3 is 2.71 bits per heavy atom. The van der Waals surface area contributed by atoms with Crippen molar-refractivity contribution in [1.82, 2.24) is 15.3 Å². The zero-order valence-corrected chi connectivity index (χ0v) is 19.5. The second kappa shape index (κ2) is 9.95. The molecule has 0 radical (unpaired) electrons. The van der Waals surface area contributed by atoms with Crippen molar-refractivity contribution >= 4 is 17.4 Å². The number of methoxy groups -OCH3 is 1. The number of piperazine rings is 1. The molecule has 3 N–H and O–H groups in total. The average Bonchev–Trinajstić information content (AvgIpc) is 2.93. The lowest BCUT2D eigenvalue weighted by molar-refractivity contribution is 0.103. The number of nitrogens with zero attached hydrogens (tertiary/aromatic N) is 3. The molecule has 35 heavy (non-hydrogen) atoms. The van der Waals surface area contributed by atoms with Gasteiger partial charge in [0.25, 0.3) is 0 Å². The molecule has 1 aliphatic rings. The number of para-hydroxylation sites is 1. The van der Waals surface area contributed by atoms with Crippen LogP contribution in [-0.2, 0) is 0 Å². The molecular formula is C28H33N5O2. The number of aromatic nitrogens is 2. The standard InChI is InChI=1S/C28H27N5O2.3H2/c1-35-25-12-6-5-10-21(25)20-16-22(28(29)31-17-20)27(34)23-11-7-13-26(32-23)33-15-14-30-24(18-33)19-8-3-2-4-9-19;;;/h2-13,16-17,24,30H,14-15,18H2,1H3,(H2,29,31);3*1H. The van der Waals surface area contributed by atoms with E-state index in [1.165, 1.54) is 5.56 Å². The number of nitrogens with one attached hydrogen (secondary N) is 1. The Bertz CT molecular complexity index is 1360. The molecule has 5 rings (SSSR count). The van der Waals surface area contributed by atoms with E-state index in [1.54, 1.807) is 25.4 Å². The first-order valence-corrected chi connectivity index (χ1v) is 11.6. The number of ketones is 1. The molecule has 4 aromatic rings. The van der Waals surface area contributed by atoms with E-state index in [9.17, 15) is 4.79 Å². The first kappa shape index (κ1) is 22.6. The van der Waals surface area contributed by atoms with E-state index in [4.69, 9.17) is 15.5 Å². The Morgan fingerprint density at radius 1 is 1.09 bits per heavy atom. The van der Waals surface area contributed by atoms with Crippen LogP contribution in [-0.4, -0.2) is 42.5 Å². The summed E-state index contributed by atoms with van der Waals surface area (Å²) < 4.78 is 5.47. The van der Waals surface area contributed by atoms with Crippen molar-refractivity contribution in [2.75, 3.05) is 37.4 Å². The van der Waals surface area contributed by atoms with Gasteiger partial charge in [0.1, 0.15) is 23.1 Å². The lowest BCUT2D eigenvalue weighted by Crippen LogP contribution is -2.46. The molecule has 7 nitrogen and oxygen atoms in total. The van der Waals surface area contributed by atoms with E-state index in [0.29, 0.717) is 17.0 Å². The van der Waals surface area contributed by atoms with Crippen LogP contribution in [0, 0.1) is 0 Å². The van der Waals surface area contributed by atoms with Gasteiger partial charge in [-0.1, -0.05) is 54.6 Å². The largest absolute Gasteiger partial charge is 0.496 e. The number of benzene rings is 2. The van der Waals surface area contributed by atoms with Gasteiger partial charge < -0.3 is 20.7 Å². The van der Waals surface area contributed by atoms with Crippen LogP contribution in [0.15, 0.2) is 85.1 Å². The van der Waals surface area contributed by atoms with Crippen LogP contribution in [0.25, 0.3) is 11.1 Å². The van der Waals surface area contributed by atoms with Crippen molar-refractivity contribution in [2.24, 2.45) is 0 Å². The van der Waals surface area contributed by atoms with Crippen LogP contribution in [0.1, 0.15) is 31.9 Å². The minimum Gasteiger partial charge on any atom is -0.496 e. The number of rotatable bonds is 6. The molecule has 0 bridgehead atoms. The predicted molar refractivity (Wildman–Crippen MR) is 144 cm³/mol. The van der Waals surface area contributed by atoms with Crippen molar-refractivity contribution in [1.29, 1.82) is 0 Å². The number of nitrogens with two attached hydrogens (primary N) is 1. The molecule has 1 aliphatic heterocycles. The molecule has 0 amide bonds. The smallest absolute Gasteiger partial charge is 0.215 e. The number of anilines is 2. The maximum atomic E-state index is 13.5. The molecule has 0 saturated carbocycles. The number of hydrogen-bond acceptors (Lipinski definition) is 7. The molecule has 1 unspecified atom stereocenters. The lowest BCUT2D eigenvalue weighted by Gasteiger charge is -2.35. The van der Waals surface area contributed by atoms with E-state index in [0.717, 1.165) is 36.6 Å². The molecule has 1 atom stereocenters. The summed E-state index contributed by atoms with van der Waals surface area (Å²) in [6.07, 6.45) is 1.65. The summed E-state index contributed by atoms with van der Waals surface area (Å²) >= 11 is 0. The highest BCUT2D eigenvalue weighted by Crippen LogP contribution is 2.31. The summed E-state index contributed by atoms with van der Waals surface area (Å²) in [7, 11) is 1.61. The fraction of sp³-hybridized carbons (Fsp3) is 0.179. The van der Waals surface area contributed by atoms with Crippen molar-refractivity contribution in [2.45, 2.75) is 6.04 Å². The maximum absolute atomic E-state index is 13.5. The summed E-state index contributed by atoms with van der Waals surface area (Å²) in [5.41, 5.74) is 9.61. The van der Waals surface area contributed by atoms with E-state index in [2.05, 4.69) is 27.3 Å². The van der Waals surface area contributed by atoms with E-state index < -0.39 is 0 Å². The molecule has 0 spiro atoms. The van der Waals surface area contributed by atoms with Gasteiger partial charge in [0.15, 0.2) is 0 Å². The lowest BCUT2D eigenvalue weighted by atomic mass is 10.0. The van der Waals surface area contributed by atoms with Gasteiger partial charge in [-0.2, -0.15) is 0 Å². The highest BCUT2D eigenvalue weighted by molar-refractivity contribution is 6.11. The highest BCUT2D eigenvalue weighted by atomic mass is 16.5. The molecule has 2 aromatic heterocycles. The van der Waals surface area contributed by atoms with Gasteiger partial charge in [-0.3, -0.25) is 4.79 Å². The first-order chi connectivity index (χ1) is 17.1.